The van der Waals surface area contributed by atoms with Gasteiger partial charge in [0.25, 0.3) is 0 Å². The summed E-state index contributed by atoms with van der Waals surface area (Å²) < 4.78 is 9.58. The van der Waals surface area contributed by atoms with Crippen molar-refractivity contribution in [3.8, 4) is 0 Å². The van der Waals surface area contributed by atoms with E-state index in [1.54, 1.807) is 20.8 Å². The van der Waals surface area contributed by atoms with Crippen LogP contribution in [0.25, 0.3) is 0 Å². The van der Waals surface area contributed by atoms with Gasteiger partial charge in [-0.1, -0.05) is 6.92 Å². The molecule has 0 bridgehead atoms. The molecule has 1 N–H and O–H groups in total. The zero-order valence-electron chi connectivity index (χ0n) is 10.2. The first-order valence-corrected chi connectivity index (χ1v) is 5.46. The molecule has 0 aliphatic carbocycles. The van der Waals surface area contributed by atoms with Crippen LogP contribution in [0.4, 0.5) is 0 Å². The monoisotopic (exact) mass is 232 g/mol. The van der Waals surface area contributed by atoms with Crippen molar-refractivity contribution in [2.75, 3.05) is 13.2 Å². The van der Waals surface area contributed by atoms with Crippen molar-refractivity contribution in [1.82, 2.24) is 0 Å². The number of hydrogen-bond acceptors (Lipinski definition) is 5. The molecular formula is C11H20O5. The van der Waals surface area contributed by atoms with Crippen LogP contribution in [0.15, 0.2) is 0 Å². The molecule has 5 heteroatoms. The molecule has 0 amide bonds. The molecule has 94 valence electrons. The van der Waals surface area contributed by atoms with E-state index in [9.17, 15) is 14.7 Å². The number of carbonyl (C=O) groups excluding carboxylic acids is 2. The highest BCUT2D eigenvalue weighted by molar-refractivity contribution is 5.95. The van der Waals surface area contributed by atoms with E-state index < -0.39 is 29.9 Å². The molecule has 16 heavy (non-hydrogen) atoms. The Labute approximate surface area is 95.7 Å². The number of esters is 2. The van der Waals surface area contributed by atoms with E-state index in [1.807, 2.05) is 0 Å². The number of aliphatic hydroxyl groups excluding tert-OH is 1. The van der Waals surface area contributed by atoms with E-state index in [0.717, 1.165) is 0 Å². The van der Waals surface area contributed by atoms with Gasteiger partial charge in [-0.3, -0.25) is 9.59 Å². The van der Waals surface area contributed by atoms with Crippen molar-refractivity contribution >= 4 is 11.9 Å². The van der Waals surface area contributed by atoms with Gasteiger partial charge in [-0.15, -0.1) is 0 Å². The van der Waals surface area contributed by atoms with Crippen LogP contribution in [0.5, 0.6) is 0 Å². The molecule has 0 aromatic rings. The highest BCUT2D eigenvalue weighted by Crippen LogP contribution is 2.19. The van der Waals surface area contributed by atoms with E-state index in [-0.39, 0.29) is 13.2 Å². The largest absolute Gasteiger partial charge is 0.465 e. The fourth-order valence-electron chi connectivity index (χ4n) is 1.27. The molecule has 2 atom stereocenters. The predicted molar refractivity (Wildman–Crippen MR) is 57.6 cm³/mol. The van der Waals surface area contributed by atoms with Gasteiger partial charge in [0.15, 0.2) is 5.92 Å². The van der Waals surface area contributed by atoms with Crippen LogP contribution >= 0.6 is 0 Å². The first kappa shape index (κ1) is 14.9. The van der Waals surface area contributed by atoms with Gasteiger partial charge in [0.1, 0.15) is 0 Å². The average Bonchev–Trinajstić information content (AvgIpc) is 2.18. The number of rotatable bonds is 6. The lowest BCUT2D eigenvalue weighted by Crippen LogP contribution is -2.37. The molecule has 0 rings (SSSR count). The molecule has 0 fully saturated rings. The minimum atomic E-state index is -1.06. The van der Waals surface area contributed by atoms with Gasteiger partial charge < -0.3 is 14.6 Å². The summed E-state index contributed by atoms with van der Waals surface area (Å²) in [4.78, 5) is 23.1. The zero-order chi connectivity index (χ0) is 12.7. The molecule has 0 aliphatic rings. The van der Waals surface area contributed by atoms with Gasteiger partial charge in [0.05, 0.1) is 19.3 Å². The summed E-state index contributed by atoms with van der Waals surface area (Å²) in [7, 11) is 0. The van der Waals surface area contributed by atoms with Crippen molar-refractivity contribution < 1.29 is 24.2 Å². The zero-order valence-corrected chi connectivity index (χ0v) is 10.2. The van der Waals surface area contributed by atoms with E-state index in [1.165, 1.54) is 6.92 Å². The summed E-state index contributed by atoms with van der Waals surface area (Å²) >= 11 is 0. The van der Waals surface area contributed by atoms with Crippen molar-refractivity contribution in [3.05, 3.63) is 0 Å². The summed E-state index contributed by atoms with van der Waals surface area (Å²) in [5.74, 6) is -2.87. The highest BCUT2D eigenvalue weighted by Gasteiger charge is 2.37. The smallest absolute Gasteiger partial charge is 0.320 e. The second kappa shape index (κ2) is 7.22. The van der Waals surface area contributed by atoms with Crippen LogP contribution in [-0.4, -0.2) is 36.4 Å². The van der Waals surface area contributed by atoms with Crippen LogP contribution in [0, 0.1) is 11.8 Å². The Hall–Kier alpha value is -1.10. The van der Waals surface area contributed by atoms with Gasteiger partial charge in [-0.2, -0.15) is 0 Å². The van der Waals surface area contributed by atoms with Crippen molar-refractivity contribution in [1.29, 1.82) is 0 Å². The molecule has 0 saturated heterocycles. The highest BCUT2D eigenvalue weighted by atomic mass is 16.6. The Morgan fingerprint density at radius 1 is 1.06 bits per heavy atom. The van der Waals surface area contributed by atoms with Gasteiger partial charge >= 0.3 is 11.9 Å². The Bertz CT molecular complexity index is 219. The van der Waals surface area contributed by atoms with E-state index >= 15 is 0 Å². The van der Waals surface area contributed by atoms with Crippen molar-refractivity contribution in [2.24, 2.45) is 11.8 Å². The van der Waals surface area contributed by atoms with Crippen LogP contribution in [0.3, 0.4) is 0 Å². The standard InChI is InChI=1S/C11H20O5/c1-5-15-10(13)9(7(3)8(4)12)11(14)16-6-2/h7-9,12H,5-6H2,1-4H3. The maximum Gasteiger partial charge on any atom is 0.320 e. The van der Waals surface area contributed by atoms with Crippen LogP contribution in [-0.2, 0) is 19.1 Å². The third-order valence-electron chi connectivity index (χ3n) is 2.37. The molecule has 2 unspecified atom stereocenters. The second-order valence-electron chi connectivity index (χ2n) is 3.58. The minimum Gasteiger partial charge on any atom is -0.465 e. The summed E-state index contributed by atoms with van der Waals surface area (Å²) in [6.45, 7) is 6.85. The number of ether oxygens (including phenoxy) is 2. The van der Waals surface area contributed by atoms with Crippen LogP contribution < -0.4 is 0 Å². The molecule has 0 radical (unpaired) electrons. The fraction of sp³-hybridized carbons (Fsp3) is 0.818. The van der Waals surface area contributed by atoms with Gasteiger partial charge in [0, 0.05) is 5.92 Å². The van der Waals surface area contributed by atoms with Gasteiger partial charge in [-0.25, -0.2) is 0 Å². The summed E-state index contributed by atoms with van der Waals surface area (Å²) in [6, 6.07) is 0. The molecule has 5 nitrogen and oxygen atoms in total. The molecule has 0 spiro atoms. The van der Waals surface area contributed by atoms with E-state index in [4.69, 9.17) is 9.47 Å². The maximum atomic E-state index is 11.6. The molecule has 0 aromatic carbocycles. The van der Waals surface area contributed by atoms with E-state index in [0.29, 0.717) is 0 Å². The summed E-state index contributed by atoms with van der Waals surface area (Å²) in [6.07, 6.45) is -0.779. The topological polar surface area (TPSA) is 72.8 Å². The Kier molecular flexibility index (Phi) is 6.72. The molecular weight excluding hydrogens is 212 g/mol. The molecule has 0 heterocycles. The first-order valence-electron chi connectivity index (χ1n) is 5.46. The van der Waals surface area contributed by atoms with Gasteiger partial charge in [-0.05, 0) is 20.8 Å². The number of aliphatic hydroxyl groups is 1. The quantitative estimate of drug-likeness (QED) is 0.540. The van der Waals surface area contributed by atoms with Gasteiger partial charge in [0.2, 0.25) is 0 Å². The lowest BCUT2D eigenvalue weighted by molar-refractivity contribution is -0.166. The second-order valence-corrected chi connectivity index (χ2v) is 3.58. The molecule has 0 aliphatic heterocycles. The normalized spacial score (nSPS) is 14.4. The SMILES string of the molecule is CCOC(=O)C(C(=O)OCC)C(C)C(C)O. The van der Waals surface area contributed by atoms with Crippen molar-refractivity contribution in [2.45, 2.75) is 33.8 Å². The average molecular weight is 232 g/mol. The Balaban J connectivity index is 4.75. The minimum absolute atomic E-state index is 0.196. The summed E-state index contributed by atoms with van der Waals surface area (Å²) in [5, 5.41) is 9.41. The third-order valence-corrected chi connectivity index (χ3v) is 2.37. The summed E-state index contributed by atoms with van der Waals surface area (Å²) in [5.41, 5.74) is 0. The molecule has 0 aromatic heterocycles. The number of carbonyl (C=O) groups is 2. The van der Waals surface area contributed by atoms with E-state index in [2.05, 4.69) is 0 Å². The fourth-order valence-corrected chi connectivity index (χ4v) is 1.27. The maximum absolute atomic E-state index is 11.6. The number of hydrogen-bond donors (Lipinski definition) is 1. The molecule has 0 saturated carbocycles. The Morgan fingerprint density at radius 3 is 1.69 bits per heavy atom. The van der Waals surface area contributed by atoms with Crippen molar-refractivity contribution in [3.63, 3.8) is 0 Å². The Morgan fingerprint density at radius 2 is 1.44 bits per heavy atom. The predicted octanol–water partition coefficient (Wildman–Crippen LogP) is 0.746. The van der Waals surface area contributed by atoms with Crippen LogP contribution in [0.2, 0.25) is 0 Å². The lowest BCUT2D eigenvalue weighted by Gasteiger charge is -2.22. The first-order chi connectivity index (χ1) is 7.45. The van der Waals surface area contributed by atoms with Crippen LogP contribution in [0.1, 0.15) is 27.7 Å². The lowest BCUT2D eigenvalue weighted by atomic mass is 9.90. The third kappa shape index (κ3) is 4.18.